The minimum atomic E-state index is -4.74. The normalized spacial score (nSPS) is 11.5. The smallest absolute Gasteiger partial charge is 0.419 e. The zero-order valence-corrected chi connectivity index (χ0v) is 10.4. The lowest BCUT2D eigenvalue weighted by molar-refractivity contribution is -0.138. The summed E-state index contributed by atoms with van der Waals surface area (Å²) in [6.45, 7) is -0.575. The average molecular weight is 304 g/mol. The fraction of sp³-hybridized carbons (Fsp3) is 0.143. The van der Waals surface area contributed by atoms with E-state index in [-0.39, 0.29) is 5.56 Å². The molecule has 2 aromatic carbocycles. The van der Waals surface area contributed by atoms with Crippen LogP contribution < -0.4 is 4.74 Å². The molecule has 0 atom stereocenters. The van der Waals surface area contributed by atoms with Gasteiger partial charge in [-0.3, -0.25) is 0 Å². The second-order valence-electron chi connectivity index (χ2n) is 4.16. The molecule has 0 aliphatic carbocycles. The minimum Gasteiger partial charge on any atom is -0.454 e. The third-order valence-electron chi connectivity index (χ3n) is 2.65. The molecule has 0 aliphatic rings. The molecule has 112 valence electrons. The average Bonchev–Trinajstić information content (AvgIpc) is 2.41. The molecule has 0 unspecified atom stereocenters. The molecule has 2 nitrogen and oxygen atoms in total. The lowest BCUT2D eigenvalue weighted by Gasteiger charge is -2.15. The van der Waals surface area contributed by atoms with E-state index in [1.807, 2.05) is 0 Å². The molecule has 0 aromatic heterocycles. The number of benzene rings is 2. The molecule has 0 amide bonds. The summed E-state index contributed by atoms with van der Waals surface area (Å²) in [6.07, 6.45) is -4.74. The number of aliphatic hydroxyl groups is 1. The zero-order chi connectivity index (χ0) is 15.6. The number of hydrogen-bond donors (Lipinski definition) is 1. The van der Waals surface area contributed by atoms with Crippen LogP contribution in [0, 0.1) is 11.6 Å². The summed E-state index contributed by atoms with van der Waals surface area (Å²) in [5.41, 5.74) is -1.12. The largest absolute Gasteiger partial charge is 0.454 e. The Bertz CT molecular complexity index is 652. The van der Waals surface area contributed by atoms with Crippen molar-refractivity contribution < 1.29 is 31.8 Å². The van der Waals surface area contributed by atoms with Crippen LogP contribution in [0.3, 0.4) is 0 Å². The first-order chi connectivity index (χ1) is 9.81. The Hall–Kier alpha value is -2.15. The molecule has 2 aromatic rings. The predicted octanol–water partition coefficient (Wildman–Crippen LogP) is 4.27. The van der Waals surface area contributed by atoms with Crippen molar-refractivity contribution in [3.8, 4) is 11.5 Å². The summed E-state index contributed by atoms with van der Waals surface area (Å²) in [4.78, 5) is 0. The van der Waals surface area contributed by atoms with E-state index in [0.29, 0.717) is 12.1 Å². The van der Waals surface area contributed by atoms with Crippen LogP contribution in [-0.2, 0) is 12.8 Å². The predicted molar refractivity (Wildman–Crippen MR) is 63.8 cm³/mol. The van der Waals surface area contributed by atoms with E-state index in [9.17, 15) is 22.0 Å². The van der Waals surface area contributed by atoms with Gasteiger partial charge in [-0.1, -0.05) is 6.07 Å². The molecular formula is C14H9F5O2. The van der Waals surface area contributed by atoms with Crippen LogP contribution in [0.4, 0.5) is 22.0 Å². The Morgan fingerprint density at radius 3 is 2.19 bits per heavy atom. The lowest BCUT2D eigenvalue weighted by Crippen LogP contribution is -2.08. The summed E-state index contributed by atoms with van der Waals surface area (Å²) in [5.74, 6) is -3.15. The molecule has 7 heteroatoms. The number of hydrogen-bond acceptors (Lipinski definition) is 2. The van der Waals surface area contributed by atoms with Crippen molar-refractivity contribution in [2.24, 2.45) is 0 Å². The molecular weight excluding hydrogens is 295 g/mol. The summed E-state index contributed by atoms with van der Waals surface area (Å²) in [5, 5.41) is 8.87. The highest BCUT2D eigenvalue weighted by atomic mass is 19.4. The van der Waals surface area contributed by atoms with E-state index in [4.69, 9.17) is 9.84 Å². The van der Waals surface area contributed by atoms with Gasteiger partial charge in [0.2, 0.25) is 0 Å². The van der Waals surface area contributed by atoms with Crippen LogP contribution >= 0.6 is 0 Å². The van der Waals surface area contributed by atoms with Crippen molar-refractivity contribution in [1.82, 2.24) is 0 Å². The van der Waals surface area contributed by atoms with Crippen LogP contribution in [-0.4, -0.2) is 5.11 Å². The van der Waals surface area contributed by atoms with E-state index in [1.165, 1.54) is 6.07 Å². The highest BCUT2D eigenvalue weighted by Crippen LogP contribution is 2.39. The topological polar surface area (TPSA) is 29.5 Å². The molecule has 0 spiro atoms. The van der Waals surface area contributed by atoms with E-state index in [2.05, 4.69) is 0 Å². The molecule has 0 fully saturated rings. The summed E-state index contributed by atoms with van der Waals surface area (Å²) < 4.78 is 69.8. The second kappa shape index (κ2) is 5.69. The van der Waals surface area contributed by atoms with Gasteiger partial charge in [-0.05, 0) is 29.8 Å². The third-order valence-corrected chi connectivity index (χ3v) is 2.65. The van der Waals surface area contributed by atoms with Gasteiger partial charge >= 0.3 is 6.18 Å². The van der Waals surface area contributed by atoms with Crippen molar-refractivity contribution in [2.75, 3.05) is 0 Å². The van der Waals surface area contributed by atoms with E-state index < -0.39 is 41.5 Å². The molecule has 0 radical (unpaired) electrons. The lowest BCUT2D eigenvalue weighted by atomic mass is 10.1. The van der Waals surface area contributed by atoms with Crippen LogP contribution in [0.2, 0.25) is 0 Å². The van der Waals surface area contributed by atoms with Crippen molar-refractivity contribution in [1.29, 1.82) is 0 Å². The monoisotopic (exact) mass is 304 g/mol. The Kier molecular flexibility index (Phi) is 4.13. The number of ether oxygens (including phenoxy) is 1. The SMILES string of the molecule is OCc1ccc(Oc2ccc(F)cc2F)c(C(F)(F)F)c1. The minimum absolute atomic E-state index is 0.0363. The Labute approximate surface area is 116 Å². The van der Waals surface area contributed by atoms with Gasteiger partial charge in [0.15, 0.2) is 11.6 Å². The van der Waals surface area contributed by atoms with E-state index >= 15 is 0 Å². The highest BCUT2D eigenvalue weighted by molar-refractivity contribution is 5.42. The first-order valence-electron chi connectivity index (χ1n) is 5.75. The fourth-order valence-corrected chi connectivity index (χ4v) is 1.66. The molecule has 0 heterocycles. The maximum Gasteiger partial charge on any atom is 0.419 e. The van der Waals surface area contributed by atoms with Gasteiger partial charge in [0.05, 0.1) is 12.2 Å². The van der Waals surface area contributed by atoms with Gasteiger partial charge in [-0.15, -0.1) is 0 Å². The second-order valence-corrected chi connectivity index (χ2v) is 4.16. The van der Waals surface area contributed by atoms with Crippen LogP contribution in [0.15, 0.2) is 36.4 Å². The van der Waals surface area contributed by atoms with Gasteiger partial charge < -0.3 is 9.84 Å². The Balaban J connectivity index is 2.44. The number of halogens is 5. The first kappa shape index (κ1) is 15.2. The van der Waals surface area contributed by atoms with Crippen molar-refractivity contribution in [3.05, 3.63) is 59.2 Å². The van der Waals surface area contributed by atoms with Gasteiger partial charge in [0, 0.05) is 6.07 Å². The standard InChI is InChI=1S/C14H9F5O2/c15-9-2-4-13(11(16)6-9)21-12-3-1-8(7-20)5-10(12)14(17,18)19/h1-6,20H,7H2. The first-order valence-corrected chi connectivity index (χ1v) is 5.75. The number of aliphatic hydroxyl groups excluding tert-OH is 1. The van der Waals surface area contributed by atoms with Crippen LogP contribution in [0.5, 0.6) is 11.5 Å². The van der Waals surface area contributed by atoms with Crippen LogP contribution in [0.1, 0.15) is 11.1 Å². The molecule has 21 heavy (non-hydrogen) atoms. The summed E-state index contributed by atoms with van der Waals surface area (Å²) in [7, 11) is 0. The molecule has 0 saturated heterocycles. The van der Waals surface area contributed by atoms with E-state index in [1.54, 1.807) is 0 Å². The number of alkyl halides is 3. The molecule has 0 saturated carbocycles. The van der Waals surface area contributed by atoms with Gasteiger partial charge in [-0.2, -0.15) is 13.2 Å². The number of rotatable bonds is 3. The molecule has 0 aliphatic heterocycles. The Morgan fingerprint density at radius 2 is 1.62 bits per heavy atom. The van der Waals surface area contributed by atoms with Gasteiger partial charge in [-0.25, -0.2) is 8.78 Å². The molecule has 0 bridgehead atoms. The van der Waals surface area contributed by atoms with Crippen molar-refractivity contribution in [2.45, 2.75) is 12.8 Å². The molecule has 2 rings (SSSR count). The molecule has 1 N–H and O–H groups in total. The van der Waals surface area contributed by atoms with Gasteiger partial charge in [0.25, 0.3) is 0 Å². The summed E-state index contributed by atoms with van der Waals surface area (Å²) >= 11 is 0. The maximum absolute atomic E-state index is 13.4. The Morgan fingerprint density at radius 1 is 0.952 bits per heavy atom. The fourth-order valence-electron chi connectivity index (χ4n) is 1.66. The van der Waals surface area contributed by atoms with Crippen LogP contribution in [0.25, 0.3) is 0 Å². The van der Waals surface area contributed by atoms with E-state index in [0.717, 1.165) is 18.2 Å². The quantitative estimate of drug-likeness (QED) is 0.858. The zero-order valence-electron chi connectivity index (χ0n) is 10.4. The maximum atomic E-state index is 13.4. The summed E-state index contributed by atoms with van der Waals surface area (Å²) in [6, 6.07) is 5.16. The van der Waals surface area contributed by atoms with Gasteiger partial charge in [0.1, 0.15) is 11.6 Å². The third kappa shape index (κ3) is 3.49. The van der Waals surface area contributed by atoms with Crippen molar-refractivity contribution >= 4 is 0 Å². The highest BCUT2D eigenvalue weighted by Gasteiger charge is 2.35. The van der Waals surface area contributed by atoms with Crippen molar-refractivity contribution in [3.63, 3.8) is 0 Å².